The molecule has 0 aliphatic heterocycles. The maximum Gasteiger partial charge on any atom is 0.407 e. The van der Waals surface area contributed by atoms with Gasteiger partial charge in [-0.2, -0.15) is 4.31 Å². The number of carbonyl (C=O) groups excluding carboxylic acids is 2. The fourth-order valence-electron chi connectivity index (χ4n) is 6.00. The zero-order valence-corrected chi connectivity index (χ0v) is 29.7. The highest BCUT2D eigenvalue weighted by atomic mass is 32.2. The Morgan fingerprint density at radius 3 is 2.37 bits per heavy atom. The molecule has 0 bridgehead atoms. The largest absolute Gasteiger partial charge is 0.453 e. The molecule has 15 heteroatoms. The Balaban J connectivity index is 1.27. The number of aryl methyl sites for hydroxylation is 1. The zero-order chi connectivity index (χ0) is 36.5. The molecule has 13 nitrogen and oxygen atoms in total. The molecule has 268 valence electrons. The Hall–Kier alpha value is -5.48. The van der Waals surface area contributed by atoms with Gasteiger partial charge in [0.25, 0.3) is 0 Å². The number of methoxy groups -OCH3 is 1. The highest BCUT2D eigenvalue weighted by molar-refractivity contribution is 7.89. The van der Waals surface area contributed by atoms with E-state index in [0.717, 1.165) is 11.1 Å². The Morgan fingerprint density at radius 2 is 1.71 bits per heavy atom. The van der Waals surface area contributed by atoms with Gasteiger partial charge in [-0.05, 0) is 54.3 Å². The summed E-state index contributed by atoms with van der Waals surface area (Å²) < 4.78 is 40.1. The number of aliphatic hydroxyl groups excluding tert-OH is 1. The summed E-state index contributed by atoms with van der Waals surface area (Å²) in [5.41, 5.74) is 5.24. The number of hydrogen-bond acceptors (Lipinski definition) is 11. The molecule has 3 heterocycles. The molecular formula is C37H36N6O7S2. The number of carbonyl (C=O) groups is 2. The number of alkyl carbamates (subject to hydrolysis) is 1. The Bertz CT molecular complexity index is 2160. The molecule has 2 atom stereocenters. The van der Waals surface area contributed by atoms with E-state index in [1.807, 2.05) is 60.7 Å². The summed E-state index contributed by atoms with van der Waals surface area (Å²) in [5.74, 6) is -1.10. The Kier molecular flexibility index (Phi) is 11.7. The number of pyridine rings is 1. The minimum atomic E-state index is -4.14. The van der Waals surface area contributed by atoms with Crippen molar-refractivity contribution in [3.63, 3.8) is 0 Å². The summed E-state index contributed by atoms with van der Waals surface area (Å²) in [5, 5.41) is 20.0. The van der Waals surface area contributed by atoms with Gasteiger partial charge in [0.2, 0.25) is 15.9 Å². The first-order chi connectivity index (χ1) is 25.3. The van der Waals surface area contributed by atoms with Crippen LogP contribution < -0.4 is 10.6 Å². The first-order valence-electron chi connectivity index (χ1n) is 16.3. The Morgan fingerprint density at radius 1 is 0.981 bits per heavy atom. The van der Waals surface area contributed by atoms with Gasteiger partial charge < -0.3 is 25.0 Å². The smallest absolute Gasteiger partial charge is 0.407 e. The van der Waals surface area contributed by atoms with Gasteiger partial charge in [0, 0.05) is 30.3 Å². The number of nitrogens with one attached hydrogen (secondary N) is 2. The van der Waals surface area contributed by atoms with E-state index < -0.39 is 46.6 Å². The highest BCUT2D eigenvalue weighted by Gasteiger charge is 2.35. The molecule has 3 aromatic heterocycles. The molecule has 6 rings (SSSR count). The lowest BCUT2D eigenvalue weighted by Gasteiger charge is -2.30. The lowest BCUT2D eigenvalue weighted by atomic mass is 9.84. The average molecular weight is 741 g/mol. The van der Waals surface area contributed by atoms with Gasteiger partial charge in [0.15, 0.2) is 0 Å². The van der Waals surface area contributed by atoms with Gasteiger partial charge in [-0.15, -0.1) is 11.3 Å². The molecule has 0 saturated carbocycles. The minimum Gasteiger partial charge on any atom is -0.453 e. The molecular weight excluding hydrogens is 705 g/mol. The molecule has 3 N–H and O–H groups in total. The summed E-state index contributed by atoms with van der Waals surface area (Å²) in [6, 6.07) is 24.8. The number of benzene rings is 3. The molecule has 0 spiro atoms. The van der Waals surface area contributed by atoms with Crippen LogP contribution in [0.2, 0.25) is 0 Å². The lowest BCUT2D eigenvalue weighted by Crippen LogP contribution is -2.48. The monoisotopic (exact) mass is 740 g/mol. The van der Waals surface area contributed by atoms with Crippen LogP contribution in [0, 0.1) is 0 Å². The van der Waals surface area contributed by atoms with Gasteiger partial charge in [-0.1, -0.05) is 65.8 Å². The summed E-state index contributed by atoms with van der Waals surface area (Å²) in [4.78, 5) is 35.6. The summed E-state index contributed by atoms with van der Waals surface area (Å²) >= 11 is 1.33. The number of rotatable bonds is 15. The van der Waals surface area contributed by atoms with E-state index in [1.165, 1.54) is 41.3 Å². The molecule has 0 fully saturated rings. The van der Waals surface area contributed by atoms with Crippen molar-refractivity contribution in [2.24, 2.45) is 0 Å². The predicted octanol–water partition coefficient (Wildman–Crippen LogP) is 5.36. The minimum absolute atomic E-state index is 0.0560. The molecule has 0 saturated heterocycles. The maximum atomic E-state index is 14.2. The number of thiazole rings is 1. The summed E-state index contributed by atoms with van der Waals surface area (Å²) in [7, 11) is -2.91. The van der Waals surface area contributed by atoms with Crippen LogP contribution in [-0.2, 0) is 32.5 Å². The number of hydrogen-bond donors (Lipinski definition) is 3. The fraction of sp³-hybridized carbons (Fsp3) is 0.216. The third-order valence-electron chi connectivity index (χ3n) is 8.60. The standard InChI is InChI=1S/C37H36N6O7S2/c1-49-37(46)42-35(34(26-9-4-2-5-10-26)27-11-6-3-7-12-27)36(45)41-31-13-8-18-38-30(31)16-14-28(22-44)43(21-25-20-40-50-23-25)52(47,48)29-15-17-32-33(19-29)51-24-39-32/h2-13,15,17-20,23-24,28,34-35,44H,14,16,21-22H2,1H3,(H,41,45)(H,42,46). The van der Waals surface area contributed by atoms with E-state index in [4.69, 9.17) is 9.26 Å². The number of anilines is 1. The van der Waals surface area contributed by atoms with Crippen molar-refractivity contribution in [2.45, 2.75) is 42.3 Å². The number of fused-ring (bicyclic) bond motifs is 1. The zero-order valence-electron chi connectivity index (χ0n) is 28.0. The van der Waals surface area contributed by atoms with Gasteiger partial charge in [-0.25, -0.2) is 18.2 Å². The molecule has 52 heavy (non-hydrogen) atoms. The van der Waals surface area contributed by atoms with Crippen LogP contribution in [0.25, 0.3) is 10.2 Å². The molecule has 0 radical (unpaired) electrons. The Labute approximate surface area is 304 Å². The topological polar surface area (TPSA) is 177 Å². The summed E-state index contributed by atoms with van der Waals surface area (Å²) in [6.07, 6.45) is 3.89. The van der Waals surface area contributed by atoms with Gasteiger partial charge in [0.05, 0.1) is 51.9 Å². The van der Waals surface area contributed by atoms with Gasteiger partial charge >= 0.3 is 6.09 Å². The number of nitrogens with zero attached hydrogens (tertiary/aromatic N) is 4. The van der Waals surface area contributed by atoms with Crippen LogP contribution in [0.5, 0.6) is 0 Å². The summed E-state index contributed by atoms with van der Waals surface area (Å²) in [6.45, 7) is -0.604. The quantitative estimate of drug-likeness (QED) is 0.124. The van der Waals surface area contributed by atoms with Crippen molar-refractivity contribution in [3.8, 4) is 0 Å². The number of amides is 2. The van der Waals surface area contributed by atoms with Crippen molar-refractivity contribution >= 4 is 49.3 Å². The highest BCUT2D eigenvalue weighted by Crippen LogP contribution is 2.31. The third-order valence-corrected chi connectivity index (χ3v) is 11.3. The van der Waals surface area contributed by atoms with Crippen molar-refractivity contribution in [2.75, 3.05) is 19.0 Å². The fourth-order valence-corrected chi connectivity index (χ4v) is 8.45. The second-order valence-corrected chi connectivity index (χ2v) is 14.6. The molecule has 2 unspecified atom stereocenters. The predicted molar refractivity (Wildman–Crippen MR) is 195 cm³/mol. The van der Waals surface area contributed by atoms with Gasteiger partial charge in [-0.3, -0.25) is 9.78 Å². The number of ether oxygens (including phenoxy) is 1. The first-order valence-corrected chi connectivity index (χ1v) is 18.6. The van der Waals surface area contributed by atoms with E-state index >= 15 is 0 Å². The van der Waals surface area contributed by atoms with Gasteiger partial charge in [0.1, 0.15) is 12.3 Å². The number of aromatic nitrogens is 3. The number of aliphatic hydroxyl groups is 1. The van der Waals surface area contributed by atoms with E-state index in [2.05, 4.69) is 25.8 Å². The van der Waals surface area contributed by atoms with Crippen LogP contribution >= 0.6 is 11.3 Å². The molecule has 6 aromatic rings. The van der Waals surface area contributed by atoms with E-state index in [9.17, 15) is 23.1 Å². The molecule has 0 aliphatic rings. The average Bonchev–Trinajstić information content (AvgIpc) is 3.88. The van der Waals surface area contributed by atoms with Crippen LogP contribution in [0.1, 0.15) is 34.7 Å². The van der Waals surface area contributed by atoms with Crippen LogP contribution in [0.15, 0.2) is 125 Å². The van der Waals surface area contributed by atoms with Crippen LogP contribution in [-0.4, -0.2) is 70.8 Å². The van der Waals surface area contributed by atoms with Crippen molar-refractivity contribution < 1.29 is 32.4 Å². The second kappa shape index (κ2) is 16.7. The number of sulfonamides is 1. The molecule has 3 aromatic carbocycles. The third kappa shape index (κ3) is 8.35. The van der Waals surface area contributed by atoms with E-state index in [-0.39, 0.29) is 24.3 Å². The maximum absolute atomic E-state index is 14.2. The lowest BCUT2D eigenvalue weighted by molar-refractivity contribution is -0.118. The van der Waals surface area contributed by atoms with Crippen molar-refractivity contribution in [1.29, 1.82) is 0 Å². The van der Waals surface area contributed by atoms with Crippen LogP contribution in [0.4, 0.5) is 10.5 Å². The molecule has 2 amide bonds. The first kappa shape index (κ1) is 36.3. The normalized spacial score (nSPS) is 12.8. The van der Waals surface area contributed by atoms with Crippen LogP contribution in [0.3, 0.4) is 0 Å². The molecule has 0 aliphatic carbocycles. The SMILES string of the molecule is COC(=O)NC(C(=O)Nc1cccnc1CCC(CO)N(Cc1cnoc1)S(=O)(=O)c1ccc2ncsc2c1)C(c1ccccc1)c1ccccc1. The van der Waals surface area contributed by atoms with Crippen molar-refractivity contribution in [1.82, 2.24) is 24.7 Å². The van der Waals surface area contributed by atoms with Crippen molar-refractivity contribution in [3.05, 3.63) is 138 Å². The van der Waals surface area contributed by atoms with E-state index in [1.54, 1.807) is 36.0 Å². The second-order valence-electron chi connectivity index (χ2n) is 11.8. The van der Waals surface area contributed by atoms with E-state index in [0.29, 0.717) is 27.2 Å².